The molecule has 15 heavy (non-hydrogen) atoms. The first-order chi connectivity index (χ1) is 7.10. The zero-order valence-electron chi connectivity index (χ0n) is 7.48. The van der Waals surface area contributed by atoms with Gasteiger partial charge in [0.15, 0.2) is 0 Å². The molecule has 0 amide bonds. The highest BCUT2D eigenvalue weighted by Crippen LogP contribution is 2.26. The first-order valence-corrected chi connectivity index (χ1v) is 4.90. The van der Waals surface area contributed by atoms with Gasteiger partial charge in [0.05, 0.1) is 18.4 Å². The van der Waals surface area contributed by atoms with Crippen LogP contribution in [0.1, 0.15) is 23.2 Å². The highest BCUT2D eigenvalue weighted by atomic mass is 35.5. The molecular formula is C9H6Cl2F2N2. The van der Waals surface area contributed by atoms with Crippen LogP contribution in [0.4, 0.5) is 8.78 Å². The Morgan fingerprint density at radius 1 is 1.47 bits per heavy atom. The minimum atomic E-state index is -2.74. The average Bonchev–Trinajstić information content (AvgIpc) is 2.20. The third-order valence-electron chi connectivity index (χ3n) is 1.78. The van der Waals surface area contributed by atoms with E-state index in [2.05, 4.69) is 4.98 Å². The molecule has 0 aliphatic heterocycles. The molecule has 0 spiro atoms. The van der Waals surface area contributed by atoms with Crippen LogP contribution in [0.15, 0.2) is 6.07 Å². The fourth-order valence-electron chi connectivity index (χ4n) is 1.10. The first kappa shape index (κ1) is 12.2. The normalized spacial score (nSPS) is 10.4. The van der Waals surface area contributed by atoms with Gasteiger partial charge < -0.3 is 0 Å². The number of pyridine rings is 1. The molecule has 0 atom stereocenters. The quantitative estimate of drug-likeness (QED) is 0.609. The van der Waals surface area contributed by atoms with Crippen molar-refractivity contribution in [3.63, 3.8) is 0 Å². The molecule has 1 aromatic rings. The van der Waals surface area contributed by atoms with Gasteiger partial charge in [-0.3, -0.25) is 0 Å². The maximum Gasteiger partial charge on any atom is 0.280 e. The second kappa shape index (κ2) is 5.24. The molecule has 0 saturated heterocycles. The Morgan fingerprint density at radius 3 is 2.60 bits per heavy atom. The minimum absolute atomic E-state index is 0.0398. The third-order valence-corrected chi connectivity index (χ3v) is 2.40. The summed E-state index contributed by atoms with van der Waals surface area (Å²) in [5.74, 6) is 0.0772. The SMILES string of the molecule is N#CCc1cc(CCl)c(Cl)nc1C(F)F. The molecule has 1 rings (SSSR count). The van der Waals surface area contributed by atoms with Crippen LogP contribution in [-0.4, -0.2) is 4.98 Å². The summed E-state index contributed by atoms with van der Waals surface area (Å²) in [5, 5.41) is 8.43. The van der Waals surface area contributed by atoms with Crippen LogP contribution in [0.25, 0.3) is 0 Å². The van der Waals surface area contributed by atoms with Crippen molar-refractivity contribution >= 4 is 23.2 Å². The lowest BCUT2D eigenvalue weighted by Crippen LogP contribution is -2.01. The van der Waals surface area contributed by atoms with Crippen molar-refractivity contribution in [1.29, 1.82) is 5.26 Å². The number of aromatic nitrogens is 1. The fourth-order valence-corrected chi connectivity index (χ4v) is 1.59. The van der Waals surface area contributed by atoms with E-state index in [-0.39, 0.29) is 23.0 Å². The Morgan fingerprint density at radius 2 is 2.13 bits per heavy atom. The molecule has 0 saturated carbocycles. The maximum atomic E-state index is 12.5. The number of rotatable bonds is 3. The topological polar surface area (TPSA) is 36.7 Å². The Bertz CT molecular complexity index is 402. The van der Waals surface area contributed by atoms with E-state index in [0.717, 1.165) is 0 Å². The predicted octanol–water partition coefficient (Wildman–Crippen LogP) is 3.48. The summed E-state index contributed by atoms with van der Waals surface area (Å²) in [5.41, 5.74) is 0.177. The second-order valence-corrected chi connectivity index (χ2v) is 3.38. The van der Waals surface area contributed by atoms with Gasteiger partial charge in [0, 0.05) is 5.56 Å². The van der Waals surface area contributed by atoms with Crippen molar-refractivity contribution in [2.24, 2.45) is 0 Å². The van der Waals surface area contributed by atoms with Crippen LogP contribution in [0, 0.1) is 11.3 Å². The van der Waals surface area contributed by atoms with E-state index in [9.17, 15) is 8.78 Å². The van der Waals surface area contributed by atoms with Gasteiger partial charge in [0.25, 0.3) is 6.43 Å². The molecular weight excluding hydrogens is 245 g/mol. The third kappa shape index (κ3) is 2.77. The van der Waals surface area contributed by atoms with Crippen LogP contribution in [0.3, 0.4) is 0 Å². The van der Waals surface area contributed by atoms with Crippen molar-refractivity contribution in [3.8, 4) is 6.07 Å². The van der Waals surface area contributed by atoms with Gasteiger partial charge in [-0.2, -0.15) is 5.26 Å². The summed E-state index contributed by atoms with van der Waals surface area (Å²) in [6.45, 7) is 0. The summed E-state index contributed by atoms with van der Waals surface area (Å²) in [7, 11) is 0. The molecule has 80 valence electrons. The van der Waals surface area contributed by atoms with E-state index in [1.54, 1.807) is 6.07 Å². The zero-order valence-corrected chi connectivity index (χ0v) is 8.99. The largest absolute Gasteiger partial charge is 0.280 e. The van der Waals surface area contributed by atoms with Crippen LogP contribution in [-0.2, 0) is 12.3 Å². The van der Waals surface area contributed by atoms with E-state index >= 15 is 0 Å². The van der Waals surface area contributed by atoms with Crippen LogP contribution < -0.4 is 0 Å². The van der Waals surface area contributed by atoms with E-state index < -0.39 is 12.1 Å². The molecule has 6 heteroatoms. The standard InChI is InChI=1S/C9H6Cl2F2N2/c10-4-6-3-5(1-2-14)7(9(12)13)15-8(6)11/h3,9H,1,4H2. The van der Waals surface area contributed by atoms with E-state index in [1.807, 2.05) is 0 Å². The molecule has 0 fully saturated rings. The highest BCUT2D eigenvalue weighted by molar-refractivity contribution is 6.31. The average molecular weight is 251 g/mol. The van der Waals surface area contributed by atoms with Crippen LogP contribution >= 0.6 is 23.2 Å². The number of nitrogens with zero attached hydrogens (tertiary/aromatic N) is 2. The monoisotopic (exact) mass is 250 g/mol. The first-order valence-electron chi connectivity index (χ1n) is 3.99. The molecule has 1 aromatic heterocycles. The number of nitriles is 1. The smallest absolute Gasteiger partial charge is 0.234 e. The van der Waals surface area contributed by atoms with Crippen molar-refractivity contribution in [1.82, 2.24) is 4.98 Å². The van der Waals surface area contributed by atoms with Crippen LogP contribution in [0.2, 0.25) is 5.15 Å². The minimum Gasteiger partial charge on any atom is -0.234 e. The lowest BCUT2D eigenvalue weighted by Gasteiger charge is -2.08. The van der Waals surface area contributed by atoms with Gasteiger partial charge in [-0.1, -0.05) is 11.6 Å². The molecule has 0 aliphatic rings. The van der Waals surface area contributed by atoms with Crippen molar-refractivity contribution < 1.29 is 8.78 Å². The Labute approximate surface area is 95.4 Å². The van der Waals surface area contributed by atoms with Gasteiger partial charge in [0.2, 0.25) is 0 Å². The van der Waals surface area contributed by atoms with Gasteiger partial charge in [0.1, 0.15) is 10.8 Å². The van der Waals surface area contributed by atoms with Crippen molar-refractivity contribution in [2.45, 2.75) is 18.7 Å². The van der Waals surface area contributed by atoms with Gasteiger partial charge in [-0.25, -0.2) is 13.8 Å². The molecule has 0 unspecified atom stereocenters. The highest BCUT2D eigenvalue weighted by Gasteiger charge is 2.17. The fraction of sp³-hybridized carbons (Fsp3) is 0.333. The lowest BCUT2D eigenvalue weighted by molar-refractivity contribution is 0.145. The maximum absolute atomic E-state index is 12.5. The molecule has 0 radical (unpaired) electrons. The molecule has 0 bridgehead atoms. The molecule has 0 aromatic carbocycles. The number of alkyl halides is 3. The van der Waals surface area contributed by atoms with Gasteiger partial charge in [-0.05, 0) is 11.6 Å². The zero-order chi connectivity index (χ0) is 11.4. The molecule has 0 aliphatic carbocycles. The number of hydrogen-bond donors (Lipinski definition) is 0. The Hall–Kier alpha value is -0.920. The van der Waals surface area contributed by atoms with Crippen molar-refractivity contribution in [2.75, 3.05) is 0 Å². The summed E-state index contributed by atoms with van der Waals surface area (Å²) in [4.78, 5) is 3.54. The number of halogens is 4. The summed E-state index contributed by atoms with van der Waals surface area (Å²) >= 11 is 11.2. The molecule has 2 nitrogen and oxygen atoms in total. The second-order valence-electron chi connectivity index (χ2n) is 2.75. The molecule has 1 heterocycles. The Kier molecular flexibility index (Phi) is 4.25. The summed E-state index contributed by atoms with van der Waals surface area (Å²) in [6, 6.07) is 3.19. The van der Waals surface area contributed by atoms with E-state index in [4.69, 9.17) is 28.5 Å². The van der Waals surface area contributed by atoms with Gasteiger partial charge in [-0.15, -0.1) is 11.6 Å². The van der Waals surface area contributed by atoms with E-state index in [1.165, 1.54) is 6.07 Å². The van der Waals surface area contributed by atoms with E-state index in [0.29, 0.717) is 5.56 Å². The lowest BCUT2D eigenvalue weighted by atomic mass is 10.1. The summed E-state index contributed by atoms with van der Waals surface area (Å²) < 4.78 is 25.0. The Balaban J connectivity index is 3.26. The van der Waals surface area contributed by atoms with Gasteiger partial charge >= 0.3 is 0 Å². The van der Waals surface area contributed by atoms with Crippen molar-refractivity contribution in [3.05, 3.63) is 28.0 Å². The van der Waals surface area contributed by atoms with Crippen LogP contribution in [0.5, 0.6) is 0 Å². The number of hydrogen-bond acceptors (Lipinski definition) is 2. The summed E-state index contributed by atoms with van der Waals surface area (Å²) in [6.07, 6.45) is -2.87. The molecule has 0 N–H and O–H groups in total. The predicted molar refractivity (Wildman–Crippen MR) is 53.1 cm³/mol.